The van der Waals surface area contributed by atoms with Crippen LogP contribution in [0.15, 0.2) is 21.5 Å². The van der Waals surface area contributed by atoms with Gasteiger partial charge >= 0.3 is 51.4 Å². The normalized spacial score (nSPS) is 14.5. The number of carbonyl (C=O) groups excluding carboxylic acids is 1. The van der Waals surface area contributed by atoms with Crippen molar-refractivity contribution in [2.45, 2.75) is 61.0 Å². The van der Waals surface area contributed by atoms with E-state index in [0.717, 1.165) is 4.62 Å². The molecule has 0 aromatic carbocycles. The molecule has 0 aromatic heterocycles. The van der Waals surface area contributed by atoms with Crippen molar-refractivity contribution in [3.63, 3.8) is 0 Å². The predicted octanol–water partition coefficient (Wildman–Crippen LogP) is 1.85. The molecule has 0 unspecified atom stereocenters. The van der Waals surface area contributed by atoms with E-state index < -0.39 is 0 Å². The average molecular weight is 593 g/mol. The number of hydrogen-bond donors (Lipinski definition) is 1. The van der Waals surface area contributed by atoms with E-state index in [1.807, 2.05) is 13.8 Å². The van der Waals surface area contributed by atoms with E-state index in [4.69, 9.17) is 20.1 Å². The third-order valence-electron chi connectivity index (χ3n) is 3.49. The minimum Gasteiger partial charge on any atom is -0.662 e. The molecule has 1 N–H and O–H groups in total. The first-order valence-corrected chi connectivity index (χ1v) is 9.37. The van der Waals surface area contributed by atoms with Gasteiger partial charge in [-0.05, 0) is 103 Å². The van der Waals surface area contributed by atoms with Crippen LogP contribution < -0.4 is 56.6 Å². The Kier molecular flexibility index (Phi) is 24.3. The van der Waals surface area contributed by atoms with Gasteiger partial charge in [0.1, 0.15) is 10.2 Å². The van der Waals surface area contributed by atoms with Crippen molar-refractivity contribution in [1.29, 1.82) is 0 Å². The van der Waals surface area contributed by atoms with Gasteiger partial charge in [0.15, 0.2) is 3.53 Å². The molecule has 1 aliphatic heterocycles. The minimum atomic E-state index is -0.189. The summed E-state index contributed by atoms with van der Waals surface area (Å²) in [5.74, 6) is 0. The molecule has 148 valence electrons. The first-order valence-electron chi connectivity index (χ1n) is 6.99. The smallest absolute Gasteiger partial charge is 0.662 e. The summed E-state index contributed by atoms with van der Waals surface area (Å²) in [6.07, 6.45) is 0. The first-order chi connectivity index (χ1) is 11.2. The van der Waals surface area contributed by atoms with Crippen LogP contribution in [0, 0.1) is 5.41 Å². The second-order valence-corrected chi connectivity index (χ2v) is 9.46. The summed E-state index contributed by atoms with van der Waals surface area (Å²) >= 11 is 8.94. The first kappa shape index (κ1) is 34.7. The molecule has 0 amide bonds. The molecule has 0 atom stereocenters. The molecular formula is C15H26Br3KN2O5. The van der Waals surface area contributed by atoms with E-state index in [0.29, 0.717) is 3.53 Å². The molecule has 0 radical (unpaired) electrons. The van der Waals surface area contributed by atoms with Gasteiger partial charge in [-0.3, -0.25) is 4.79 Å². The SMILES string of the molecule is CC(C)=C(C)C.CC1(C)ON=C(Br)C1(C)C.O=CO[O-].ON=C(Br)Br.[K+]. The fourth-order valence-corrected chi connectivity index (χ4v) is 1.18. The Bertz CT molecular complexity index is 474. The van der Waals surface area contributed by atoms with Crippen LogP contribution in [0.4, 0.5) is 0 Å². The van der Waals surface area contributed by atoms with Gasteiger partial charge in [0.2, 0.25) is 0 Å². The summed E-state index contributed by atoms with van der Waals surface area (Å²) in [6.45, 7) is 16.6. The molecular weight excluding hydrogens is 567 g/mol. The third-order valence-corrected chi connectivity index (χ3v) is 4.94. The van der Waals surface area contributed by atoms with Crippen LogP contribution in [-0.4, -0.2) is 25.4 Å². The maximum Gasteiger partial charge on any atom is 1.00 e. The van der Waals surface area contributed by atoms with E-state index >= 15 is 0 Å². The second-order valence-electron chi connectivity index (χ2n) is 6.14. The fraction of sp³-hybridized carbons (Fsp3) is 0.667. The number of allylic oxidation sites excluding steroid dienone is 2. The number of halogens is 3. The number of rotatable bonds is 1. The van der Waals surface area contributed by atoms with Crippen LogP contribution >= 0.6 is 47.8 Å². The van der Waals surface area contributed by atoms with Crippen LogP contribution in [0.5, 0.6) is 0 Å². The van der Waals surface area contributed by atoms with E-state index in [-0.39, 0.29) is 68.9 Å². The van der Waals surface area contributed by atoms with Crippen LogP contribution in [0.25, 0.3) is 0 Å². The van der Waals surface area contributed by atoms with Gasteiger partial charge in [0.05, 0.1) is 5.41 Å². The van der Waals surface area contributed by atoms with Crippen molar-refractivity contribution in [1.82, 2.24) is 0 Å². The molecule has 1 heterocycles. The monoisotopic (exact) mass is 590 g/mol. The summed E-state index contributed by atoms with van der Waals surface area (Å²) in [6, 6.07) is 0. The minimum absolute atomic E-state index is 0. The Morgan fingerprint density at radius 1 is 1.19 bits per heavy atom. The van der Waals surface area contributed by atoms with Gasteiger partial charge in [0, 0.05) is 0 Å². The molecule has 1 aliphatic rings. The Hall–Kier alpha value is 1.19. The second kappa shape index (κ2) is 18.2. The maximum atomic E-state index is 8.64. The van der Waals surface area contributed by atoms with E-state index in [9.17, 15) is 0 Å². The van der Waals surface area contributed by atoms with Crippen molar-refractivity contribution in [2.75, 3.05) is 0 Å². The van der Waals surface area contributed by atoms with Crippen LogP contribution in [0.1, 0.15) is 55.4 Å². The third kappa shape index (κ3) is 17.3. The Morgan fingerprint density at radius 3 is 1.54 bits per heavy atom. The summed E-state index contributed by atoms with van der Waals surface area (Å²) in [5, 5.41) is 22.6. The van der Waals surface area contributed by atoms with Crippen molar-refractivity contribution >= 4 is 62.4 Å². The van der Waals surface area contributed by atoms with Gasteiger partial charge in [0.25, 0.3) is 6.47 Å². The topological polar surface area (TPSA) is 104 Å². The Balaban J connectivity index is -0.000000132. The van der Waals surface area contributed by atoms with Gasteiger partial charge in [-0.25, -0.2) is 0 Å². The predicted molar refractivity (Wildman–Crippen MR) is 109 cm³/mol. The zero-order valence-corrected chi connectivity index (χ0v) is 24.6. The number of carbonyl (C=O) groups is 1. The van der Waals surface area contributed by atoms with Crippen molar-refractivity contribution in [2.24, 2.45) is 15.7 Å². The standard InChI is InChI=1S/C7H12BrNO.C6H12.CHBr2NO.CH2O3.K/c1-6(2)5(8)9-10-7(6,3)4;1-5(2)6(3)4;2-1(3)4-5;2-1-4-3;/h1-4H3;1-4H3;5H;1,3H;/q;;;;+1/p-1. The van der Waals surface area contributed by atoms with Crippen LogP contribution in [0.3, 0.4) is 0 Å². The summed E-state index contributed by atoms with van der Waals surface area (Å²) in [5.41, 5.74) is 2.66. The molecule has 0 saturated carbocycles. The quantitative estimate of drug-likeness (QED) is 0.0952. The Morgan fingerprint density at radius 2 is 1.50 bits per heavy atom. The molecule has 26 heavy (non-hydrogen) atoms. The molecule has 1 rings (SSSR count). The molecule has 0 spiro atoms. The summed E-state index contributed by atoms with van der Waals surface area (Å²) in [4.78, 5) is 16.5. The van der Waals surface area contributed by atoms with Crippen molar-refractivity contribution < 1.29 is 76.4 Å². The van der Waals surface area contributed by atoms with Gasteiger partial charge < -0.3 is 20.2 Å². The summed E-state index contributed by atoms with van der Waals surface area (Å²) < 4.78 is 1.20. The molecule has 0 aromatic rings. The van der Waals surface area contributed by atoms with Gasteiger partial charge in [-0.15, -0.1) is 0 Å². The van der Waals surface area contributed by atoms with E-state index in [1.54, 1.807) is 0 Å². The van der Waals surface area contributed by atoms with Gasteiger partial charge in [-0.2, -0.15) is 0 Å². The largest absolute Gasteiger partial charge is 1.00 e. The maximum absolute atomic E-state index is 8.64. The number of nitrogens with zero attached hydrogens (tertiary/aromatic N) is 2. The zero-order chi connectivity index (χ0) is 20.8. The van der Waals surface area contributed by atoms with Crippen LogP contribution in [-0.2, 0) is 14.5 Å². The van der Waals surface area contributed by atoms with Crippen molar-refractivity contribution in [3.8, 4) is 0 Å². The molecule has 0 fully saturated rings. The summed E-state index contributed by atoms with van der Waals surface area (Å²) in [7, 11) is 0. The molecule has 0 aliphatic carbocycles. The number of hydrogen-bond acceptors (Lipinski definition) is 7. The van der Waals surface area contributed by atoms with E-state index in [2.05, 4.69) is 105 Å². The van der Waals surface area contributed by atoms with Crippen LogP contribution in [0.2, 0.25) is 0 Å². The van der Waals surface area contributed by atoms with Crippen molar-refractivity contribution in [3.05, 3.63) is 11.1 Å². The van der Waals surface area contributed by atoms with Gasteiger partial charge in [-0.1, -0.05) is 21.5 Å². The molecule has 11 heteroatoms. The Labute approximate surface area is 223 Å². The molecule has 0 saturated heterocycles. The fourth-order valence-electron chi connectivity index (χ4n) is 0.631. The van der Waals surface area contributed by atoms with E-state index in [1.165, 1.54) is 11.1 Å². The average Bonchev–Trinajstić information content (AvgIpc) is 2.70. The zero-order valence-electron chi connectivity index (χ0n) is 16.7. The number of oxime groups is 2. The molecule has 7 nitrogen and oxygen atoms in total. The molecule has 0 bridgehead atoms.